The number of rotatable bonds is 5. The Labute approximate surface area is 106 Å². The maximum absolute atomic E-state index is 5.75. The molecule has 1 aromatic heterocycles. The normalized spacial score (nSPS) is 16.7. The van der Waals surface area contributed by atoms with Crippen LogP contribution >= 0.6 is 0 Å². The zero-order chi connectivity index (χ0) is 12.8. The lowest BCUT2D eigenvalue weighted by Gasteiger charge is -2.27. The molecule has 0 radical (unpaired) electrons. The molecule has 18 heavy (non-hydrogen) atoms. The molecule has 1 fully saturated rings. The summed E-state index contributed by atoms with van der Waals surface area (Å²) in [4.78, 5) is 8.48. The summed E-state index contributed by atoms with van der Waals surface area (Å²) in [5, 5.41) is 2.05. The zero-order valence-corrected chi connectivity index (χ0v) is 10.6. The molecule has 0 unspecified atom stereocenters. The van der Waals surface area contributed by atoms with Gasteiger partial charge >= 0.3 is 0 Å². The lowest BCUT2D eigenvalue weighted by molar-refractivity contribution is 0.0494. The zero-order valence-electron chi connectivity index (χ0n) is 10.6. The van der Waals surface area contributed by atoms with Crippen LogP contribution in [0.3, 0.4) is 0 Å². The van der Waals surface area contributed by atoms with Gasteiger partial charge in [-0.2, -0.15) is 0 Å². The van der Waals surface area contributed by atoms with Gasteiger partial charge in [-0.3, -0.25) is 0 Å². The molecule has 0 aromatic carbocycles. The van der Waals surface area contributed by atoms with Crippen LogP contribution in [-0.4, -0.2) is 47.9 Å². The minimum absolute atomic E-state index is 0.374. The van der Waals surface area contributed by atoms with Crippen molar-refractivity contribution in [3.8, 4) is 0 Å². The van der Waals surface area contributed by atoms with Crippen LogP contribution in [0.5, 0.6) is 0 Å². The van der Waals surface area contributed by atoms with Crippen molar-refractivity contribution >= 4 is 11.6 Å². The maximum atomic E-state index is 5.75. The number of morpholine rings is 1. The van der Waals surface area contributed by atoms with Crippen molar-refractivity contribution in [2.24, 2.45) is 0 Å². The highest BCUT2D eigenvalue weighted by Crippen LogP contribution is 2.11. The summed E-state index contributed by atoms with van der Waals surface area (Å²) in [6.07, 6.45) is 0. The first-order chi connectivity index (χ1) is 8.78. The topological polar surface area (TPSA) is 85.5 Å². The first kappa shape index (κ1) is 13.0. The second kappa shape index (κ2) is 6.48. The van der Waals surface area contributed by atoms with E-state index in [0.29, 0.717) is 30.7 Å². The fraction of sp³-hybridized carbons (Fsp3) is 0.636. The molecule has 2 heterocycles. The quantitative estimate of drug-likeness (QED) is 0.778. The Balaban J connectivity index is 1.99. The van der Waals surface area contributed by atoms with E-state index in [1.54, 1.807) is 6.07 Å². The lowest BCUT2D eigenvalue weighted by Crippen LogP contribution is -2.40. The van der Waals surface area contributed by atoms with Gasteiger partial charge < -0.3 is 20.6 Å². The van der Waals surface area contributed by atoms with Crippen molar-refractivity contribution in [1.29, 1.82) is 0 Å². The summed E-state index contributed by atoms with van der Waals surface area (Å²) in [5.41, 5.74) is 8.95. The molecule has 1 aliphatic heterocycles. The largest absolute Gasteiger partial charge is 0.384 e. The number of nitrogens with two attached hydrogens (primary N) is 1. The Morgan fingerprint density at radius 2 is 2.22 bits per heavy atom. The Bertz CT molecular complexity index is 382. The molecule has 1 aromatic rings. The Hall–Kier alpha value is -1.44. The van der Waals surface area contributed by atoms with Crippen molar-refractivity contribution in [3.05, 3.63) is 11.9 Å². The molecule has 100 valence electrons. The first-order valence-electron chi connectivity index (χ1n) is 6.08. The molecular weight excluding hydrogens is 234 g/mol. The second-order valence-electron chi connectivity index (χ2n) is 3.94. The second-order valence-corrected chi connectivity index (χ2v) is 3.94. The van der Waals surface area contributed by atoms with E-state index in [1.807, 2.05) is 6.92 Å². The summed E-state index contributed by atoms with van der Waals surface area (Å²) in [5.74, 6) is 1.72. The number of ether oxygens (including phenoxy) is 2. The van der Waals surface area contributed by atoms with Gasteiger partial charge in [-0.05, 0) is 6.92 Å². The number of nitrogen functional groups attached to an aromatic ring is 1. The first-order valence-corrected chi connectivity index (χ1v) is 6.08. The number of hydrogen-bond donors (Lipinski definition) is 2. The predicted molar refractivity (Wildman–Crippen MR) is 67.8 cm³/mol. The third-order valence-corrected chi connectivity index (χ3v) is 2.51. The molecular formula is C11H19N5O2. The Morgan fingerprint density at radius 1 is 1.44 bits per heavy atom. The highest BCUT2D eigenvalue weighted by atomic mass is 16.5. The van der Waals surface area contributed by atoms with Gasteiger partial charge in [-0.25, -0.2) is 15.0 Å². The third-order valence-electron chi connectivity index (χ3n) is 2.51. The molecule has 1 saturated heterocycles. The fourth-order valence-electron chi connectivity index (χ4n) is 1.67. The van der Waals surface area contributed by atoms with E-state index in [0.717, 1.165) is 26.3 Å². The molecule has 7 heteroatoms. The number of hydrazine groups is 1. The van der Waals surface area contributed by atoms with Crippen LogP contribution in [-0.2, 0) is 16.1 Å². The van der Waals surface area contributed by atoms with Crippen LogP contribution in [0.2, 0.25) is 0 Å². The summed E-state index contributed by atoms with van der Waals surface area (Å²) in [6.45, 7) is 6.02. The van der Waals surface area contributed by atoms with E-state index >= 15 is 0 Å². The van der Waals surface area contributed by atoms with Gasteiger partial charge in [0, 0.05) is 25.8 Å². The van der Waals surface area contributed by atoms with Crippen LogP contribution in [0.15, 0.2) is 6.07 Å². The van der Waals surface area contributed by atoms with Crippen LogP contribution in [0.25, 0.3) is 0 Å². The lowest BCUT2D eigenvalue weighted by atomic mass is 10.5. The van der Waals surface area contributed by atoms with Crippen molar-refractivity contribution in [1.82, 2.24) is 15.0 Å². The molecule has 0 bridgehead atoms. The van der Waals surface area contributed by atoms with E-state index < -0.39 is 0 Å². The maximum Gasteiger partial charge on any atom is 0.158 e. The van der Waals surface area contributed by atoms with Gasteiger partial charge in [0.15, 0.2) is 5.82 Å². The SMILES string of the molecule is CCOCc1nc(N)cc(NN2CCOCC2)n1. The van der Waals surface area contributed by atoms with Gasteiger partial charge in [0.1, 0.15) is 18.2 Å². The molecule has 0 spiro atoms. The smallest absolute Gasteiger partial charge is 0.158 e. The summed E-state index contributed by atoms with van der Waals surface area (Å²) in [7, 11) is 0. The van der Waals surface area contributed by atoms with E-state index in [2.05, 4.69) is 20.4 Å². The molecule has 2 rings (SSSR count). The van der Waals surface area contributed by atoms with Crippen molar-refractivity contribution in [2.75, 3.05) is 44.1 Å². The highest BCUT2D eigenvalue weighted by molar-refractivity contribution is 5.43. The van der Waals surface area contributed by atoms with Crippen molar-refractivity contribution in [3.63, 3.8) is 0 Å². The number of nitrogens with zero attached hydrogens (tertiary/aromatic N) is 3. The fourth-order valence-corrected chi connectivity index (χ4v) is 1.67. The minimum Gasteiger partial charge on any atom is -0.384 e. The van der Waals surface area contributed by atoms with E-state index in [-0.39, 0.29) is 0 Å². The number of aromatic nitrogens is 2. The molecule has 3 N–H and O–H groups in total. The molecule has 7 nitrogen and oxygen atoms in total. The predicted octanol–water partition coefficient (Wildman–Crippen LogP) is 0.254. The van der Waals surface area contributed by atoms with Crippen LogP contribution in [0, 0.1) is 0 Å². The number of hydrogen-bond acceptors (Lipinski definition) is 7. The van der Waals surface area contributed by atoms with Crippen molar-refractivity contribution < 1.29 is 9.47 Å². The Morgan fingerprint density at radius 3 is 2.94 bits per heavy atom. The average molecular weight is 253 g/mol. The van der Waals surface area contributed by atoms with E-state index in [4.69, 9.17) is 15.2 Å². The molecule has 0 amide bonds. The summed E-state index contributed by atoms with van der Waals surface area (Å²) >= 11 is 0. The van der Waals surface area contributed by atoms with Gasteiger partial charge in [-0.15, -0.1) is 0 Å². The van der Waals surface area contributed by atoms with Gasteiger partial charge in [-0.1, -0.05) is 0 Å². The highest BCUT2D eigenvalue weighted by Gasteiger charge is 2.11. The molecule has 0 saturated carbocycles. The van der Waals surface area contributed by atoms with Gasteiger partial charge in [0.25, 0.3) is 0 Å². The van der Waals surface area contributed by atoms with Gasteiger partial charge in [0.05, 0.1) is 13.2 Å². The van der Waals surface area contributed by atoms with E-state index in [1.165, 1.54) is 0 Å². The van der Waals surface area contributed by atoms with Crippen LogP contribution in [0.1, 0.15) is 12.7 Å². The average Bonchev–Trinajstić information content (AvgIpc) is 2.37. The monoisotopic (exact) mass is 253 g/mol. The summed E-state index contributed by atoms with van der Waals surface area (Å²) < 4.78 is 10.6. The van der Waals surface area contributed by atoms with Crippen molar-refractivity contribution in [2.45, 2.75) is 13.5 Å². The Kier molecular flexibility index (Phi) is 4.68. The summed E-state index contributed by atoms with van der Waals surface area (Å²) in [6, 6.07) is 1.71. The van der Waals surface area contributed by atoms with E-state index in [9.17, 15) is 0 Å². The minimum atomic E-state index is 0.374. The van der Waals surface area contributed by atoms with Crippen LogP contribution in [0.4, 0.5) is 11.6 Å². The molecule has 0 atom stereocenters. The molecule has 1 aliphatic rings. The molecule has 0 aliphatic carbocycles. The number of anilines is 2. The third kappa shape index (κ3) is 3.80. The standard InChI is InChI=1S/C11H19N5O2/c1-2-17-8-11-13-9(12)7-10(14-11)15-16-3-5-18-6-4-16/h7H,2-6,8H2,1H3,(H3,12,13,14,15). The van der Waals surface area contributed by atoms with Gasteiger partial charge in [0.2, 0.25) is 0 Å². The van der Waals surface area contributed by atoms with Crippen LogP contribution < -0.4 is 11.2 Å². The number of nitrogens with one attached hydrogen (secondary N) is 1.